The fourth-order valence-corrected chi connectivity index (χ4v) is 6.55. The van der Waals surface area contributed by atoms with E-state index in [0.29, 0.717) is 18.0 Å². The van der Waals surface area contributed by atoms with Crippen LogP contribution in [0.2, 0.25) is 0 Å². The second kappa shape index (κ2) is 13.8. The van der Waals surface area contributed by atoms with Gasteiger partial charge in [0.1, 0.15) is 11.5 Å². The lowest BCUT2D eigenvalue weighted by Gasteiger charge is -2.47. The Labute approximate surface area is 260 Å². The van der Waals surface area contributed by atoms with E-state index in [9.17, 15) is 9.59 Å². The van der Waals surface area contributed by atoms with Gasteiger partial charge in [0.15, 0.2) is 13.2 Å². The Morgan fingerprint density at radius 3 is 1.59 bits per heavy atom. The maximum Gasteiger partial charge on any atom is 0.258 e. The summed E-state index contributed by atoms with van der Waals surface area (Å²) < 4.78 is 11.5. The molecule has 5 rings (SSSR count). The number of carbonyl (C=O) groups is 2. The molecule has 0 radical (unpaired) electrons. The van der Waals surface area contributed by atoms with Gasteiger partial charge in [-0.1, -0.05) is 106 Å². The topological polar surface area (TPSA) is 76.7 Å². The van der Waals surface area contributed by atoms with Crippen LogP contribution in [-0.2, 0) is 9.59 Å². The summed E-state index contributed by atoms with van der Waals surface area (Å²) in [5.41, 5.74) is 4.32. The number of hydrogen-bond donors (Lipinski definition) is 2. The van der Waals surface area contributed by atoms with Gasteiger partial charge in [-0.25, -0.2) is 0 Å². The van der Waals surface area contributed by atoms with E-state index in [1.54, 1.807) is 0 Å². The first-order valence-electron chi connectivity index (χ1n) is 15.3. The number of carbonyl (C=O) groups excluding carboxylic acids is 2. The second-order valence-electron chi connectivity index (χ2n) is 13.0. The van der Waals surface area contributed by atoms with E-state index in [2.05, 4.69) is 55.7 Å². The standard InChI is InChI=1S/C38H42N2O4/c1-37(2)22-32(40-36(42)25-44-34-20-16-31(17-21-34)29-12-8-5-9-13-29)23-38(3,26-37)27-39-35(41)24-43-33-18-14-30(15-19-33)28-10-6-4-7-11-28/h4-21,32H,22-27H2,1-3H3,(H,39,41)(H,40,42)/t32-,38-/m0/s1. The van der Waals surface area contributed by atoms with Gasteiger partial charge in [-0.3, -0.25) is 9.59 Å². The van der Waals surface area contributed by atoms with E-state index in [-0.39, 0.29) is 41.9 Å². The molecule has 2 N–H and O–H groups in total. The lowest BCUT2D eigenvalue weighted by molar-refractivity contribution is -0.126. The zero-order chi connectivity index (χ0) is 31.0. The van der Waals surface area contributed by atoms with Crippen molar-refractivity contribution in [2.45, 2.75) is 46.1 Å². The van der Waals surface area contributed by atoms with Crippen molar-refractivity contribution in [1.82, 2.24) is 10.6 Å². The quantitative estimate of drug-likeness (QED) is 0.192. The van der Waals surface area contributed by atoms with Crippen molar-refractivity contribution < 1.29 is 19.1 Å². The van der Waals surface area contributed by atoms with E-state index >= 15 is 0 Å². The van der Waals surface area contributed by atoms with Crippen LogP contribution in [0.4, 0.5) is 0 Å². The molecule has 1 aliphatic rings. The molecule has 44 heavy (non-hydrogen) atoms. The monoisotopic (exact) mass is 590 g/mol. The van der Waals surface area contributed by atoms with Crippen molar-refractivity contribution >= 4 is 11.8 Å². The average molecular weight is 591 g/mol. The second-order valence-corrected chi connectivity index (χ2v) is 13.0. The lowest BCUT2D eigenvalue weighted by atomic mass is 9.62. The largest absolute Gasteiger partial charge is 0.484 e. The minimum atomic E-state index is -0.166. The van der Waals surface area contributed by atoms with Gasteiger partial charge in [-0.15, -0.1) is 0 Å². The van der Waals surface area contributed by atoms with Crippen LogP contribution in [0.1, 0.15) is 40.0 Å². The van der Waals surface area contributed by atoms with Gasteiger partial charge in [0.05, 0.1) is 0 Å². The normalized spacial score (nSPS) is 19.0. The zero-order valence-electron chi connectivity index (χ0n) is 25.8. The SMILES string of the molecule is CC1(C)C[C@H](NC(=O)COc2ccc(-c3ccccc3)cc2)C[C@](C)(CNC(=O)COc2ccc(-c3ccccc3)cc2)C1. The third-order valence-corrected chi connectivity index (χ3v) is 8.18. The predicted octanol–water partition coefficient (Wildman–Crippen LogP) is 7.30. The molecule has 0 bridgehead atoms. The fraction of sp³-hybridized carbons (Fsp3) is 0.316. The molecule has 0 unspecified atom stereocenters. The van der Waals surface area contributed by atoms with Crippen molar-refractivity contribution in [3.8, 4) is 33.8 Å². The fourth-order valence-electron chi connectivity index (χ4n) is 6.55. The first-order valence-corrected chi connectivity index (χ1v) is 15.3. The molecule has 0 aromatic heterocycles. The molecule has 1 saturated carbocycles. The molecule has 6 nitrogen and oxygen atoms in total. The maximum absolute atomic E-state index is 12.9. The molecule has 4 aromatic rings. The van der Waals surface area contributed by atoms with Gasteiger partial charge in [0.25, 0.3) is 11.8 Å². The molecule has 4 aromatic carbocycles. The Balaban J connectivity index is 1.07. The molecule has 2 atom stereocenters. The molecule has 0 heterocycles. The highest BCUT2D eigenvalue weighted by Gasteiger charge is 2.41. The molecular formula is C38H42N2O4. The third kappa shape index (κ3) is 8.73. The Kier molecular flexibility index (Phi) is 9.69. The number of nitrogens with one attached hydrogen (secondary N) is 2. The molecular weight excluding hydrogens is 548 g/mol. The van der Waals surface area contributed by atoms with Gasteiger partial charge >= 0.3 is 0 Å². The van der Waals surface area contributed by atoms with Gasteiger partial charge in [0.2, 0.25) is 0 Å². The molecule has 0 saturated heterocycles. The molecule has 1 aliphatic carbocycles. The molecule has 0 aliphatic heterocycles. The van der Waals surface area contributed by atoms with Crippen LogP contribution in [-0.4, -0.2) is 37.6 Å². The van der Waals surface area contributed by atoms with E-state index < -0.39 is 0 Å². The average Bonchev–Trinajstić information content (AvgIpc) is 3.02. The van der Waals surface area contributed by atoms with Crippen LogP contribution < -0.4 is 20.1 Å². The van der Waals surface area contributed by atoms with E-state index in [0.717, 1.165) is 41.5 Å². The summed E-state index contributed by atoms with van der Waals surface area (Å²) in [6.07, 6.45) is 2.59. The van der Waals surface area contributed by atoms with Crippen molar-refractivity contribution in [3.05, 3.63) is 109 Å². The summed E-state index contributed by atoms with van der Waals surface area (Å²) in [5.74, 6) is 1.01. The highest BCUT2D eigenvalue weighted by molar-refractivity contribution is 5.78. The molecule has 2 amide bonds. The Morgan fingerprint density at radius 1 is 0.636 bits per heavy atom. The van der Waals surface area contributed by atoms with Crippen LogP contribution in [0.25, 0.3) is 22.3 Å². The summed E-state index contributed by atoms with van der Waals surface area (Å²) >= 11 is 0. The zero-order valence-corrected chi connectivity index (χ0v) is 25.8. The van der Waals surface area contributed by atoms with Crippen LogP contribution in [0.3, 0.4) is 0 Å². The number of amides is 2. The van der Waals surface area contributed by atoms with Crippen molar-refractivity contribution in [1.29, 1.82) is 0 Å². The van der Waals surface area contributed by atoms with E-state index in [1.165, 1.54) is 0 Å². The first kappa shape index (κ1) is 30.9. The smallest absolute Gasteiger partial charge is 0.258 e. The summed E-state index contributed by atoms with van der Waals surface area (Å²) in [6, 6.07) is 35.8. The molecule has 1 fully saturated rings. The van der Waals surface area contributed by atoms with E-state index in [1.807, 2.05) is 84.9 Å². The van der Waals surface area contributed by atoms with Crippen LogP contribution >= 0.6 is 0 Å². The van der Waals surface area contributed by atoms with Crippen LogP contribution in [0.5, 0.6) is 11.5 Å². The number of hydrogen-bond acceptors (Lipinski definition) is 4. The van der Waals surface area contributed by atoms with E-state index in [4.69, 9.17) is 9.47 Å². The van der Waals surface area contributed by atoms with Gasteiger partial charge in [-0.2, -0.15) is 0 Å². The minimum Gasteiger partial charge on any atom is -0.484 e. The highest BCUT2D eigenvalue weighted by atomic mass is 16.5. The highest BCUT2D eigenvalue weighted by Crippen LogP contribution is 2.45. The Hall–Kier alpha value is -4.58. The molecule has 6 heteroatoms. The molecule has 228 valence electrons. The van der Waals surface area contributed by atoms with Crippen LogP contribution in [0.15, 0.2) is 109 Å². The van der Waals surface area contributed by atoms with Gasteiger partial charge in [0, 0.05) is 12.6 Å². The van der Waals surface area contributed by atoms with Crippen molar-refractivity contribution in [2.75, 3.05) is 19.8 Å². The van der Waals surface area contributed by atoms with Gasteiger partial charge in [-0.05, 0) is 76.6 Å². The first-order chi connectivity index (χ1) is 21.2. The summed E-state index contributed by atoms with van der Waals surface area (Å²) in [4.78, 5) is 25.6. The minimum absolute atomic E-state index is 0.00316. The maximum atomic E-state index is 12.9. The molecule has 0 spiro atoms. The van der Waals surface area contributed by atoms with Crippen molar-refractivity contribution in [2.24, 2.45) is 10.8 Å². The summed E-state index contributed by atoms with van der Waals surface area (Å²) in [5, 5.41) is 6.26. The van der Waals surface area contributed by atoms with Crippen LogP contribution in [0, 0.1) is 10.8 Å². The van der Waals surface area contributed by atoms with Gasteiger partial charge < -0.3 is 20.1 Å². The predicted molar refractivity (Wildman–Crippen MR) is 175 cm³/mol. The number of rotatable bonds is 11. The Morgan fingerprint density at radius 2 is 1.09 bits per heavy atom. The Bertz CT molecular complexity index is 1520. The summed E-state index contributed by atoms with van der Waals surface area (Å²) in [6.45, 7) is 7.05. The number of benzene rings is 4. The van der Waals surface area contributed by atoms with Crippen molar-refractivity contribution in [3.63, 3.8) is 0 Å². The summed E-state index contributed by atoms with van der Waals surface area (Å²) in [7, 11) is 0. The number of ether oxygens (including phenoxy) is 2. The third-order valence-electron chi connectivity index (χ3n) is 8.18. The lowest BCUT2D eigenvalue weighted by Crippen LogP contribution is -2.51.